The first-order valence-electron chi connectivity index (χ1n) is 10.4. The third-order valence-electron chi connectivity index (χ3n) is 5.88. The van der Waals surface area contributed by atoms with Gasteiger partial charge in [0, 0.05) is 24.7 Å². The van der Waals surface area contributed by atoms with E-state index in [-0.39, 0.29) is 11.8 Å². The second kappa shape index (κ2) is 8.45. The molecule has 8 nitrogen and oxygen atoms in total. The molecule has 2 aromatic heterocycles. The van der Waals surface area contributed by atoms with Crippen molar-refractivity contribution < 1.29 is 18.7 Å². The van der Waals surface area contributed by atoms with Crippen LogP contribution in [-0.2, 0) is 4.79 Å². The molecule has 1 saturated heterocycles. The Kier molecular flexibility index (Phi) is 5.71. The molecule has 31 heavy (non-hydrogen) atoms. The second-order valence-electron chi connectivity index (χ2n) is 7.90. The molecule has 0 aliphatic carbocycles. The Morgan fingerprint density at radius 1 is 1.19 bits per heavy atom. The Bertz CT molecular complexity index is 1120. The van der Waals surface area contributed by atoms with Gasteiger partial charge in [-0.1, -0.05) is 0 Å². The van der Waals surface area contributed by atoms with E-state index in [1.165, 1.54) is 0 Å². The summed E-state index contributed by atoms with van der Waals surface area (Å²) in [5, 5.41) is 3.95. The number of ether oxygens (including phenoxy) is 2. The summed E-state index contributed by atoms with van der Waals surface area (Å²) in [6.45, 7) is 7.24. The lowest BCUT2D eigenvalue weighted by molar-refractivity contribution is -0.120. The van der Waals surface area contributed by atoms with Crippen LogP contribution >= 0.6 is 0 Å². The molecule has 1 N–H and O–H groups in total. The molecule has 1 aliphatic heterocycles. The average Bonchev–Trinajstić information content (AvgIpc) is 3.06. The van der Waals surface area contributed by atoms with Crippen LogP contribution in [0.15, 0.2) is 22.6 Å². The van der Waals surface area contributed by atoms with E-state index in [2.05, 4.69) is 15.2 Å². The maximum atomic E-state index is 13.1. The minimum Gasteiger partial charge on any atom is -0.497 e. The number of benzene rings is 1. The zero-order valence-corrected chi connectivity index (χ0v) is 18.6. The predicted molar refractivity (Wildman–Crippen MR) is 119 cm³/mol. The minimum atomic E-state index is -0.167. The van der Waals surface area contributed by atoms with E-state index in [1.807, 2.05) is 20.8 Å². The number of aryl methyl sites for hydroxylation is 3. The first-order chi connectivity index (χ1) is 14.9. The number of amides is 1. The van der Waals surface area contributed by atoms with E-state index >= 15 is 0 Å². The first-order valence-corrected chi connectivity index (χ1v) is 10.4. The summed E-state index contributed by atoms with van der Waals surface area (Å²) >= 11 is 0. The highest BCUT2D eigenvalue weighted by atomic mass is 16.5. The van der Waals surface area contributed by atoms with E-state index in [4.69, 9.17) is 18.9 Å². The number of nitrogens with one attached hydrogen (secondary N) is 1. The molecule has 1 fully saturated rings. The number of fused-ring (bicyclic) bond motifs is 1. The highest BCUT2D eigenvalue weighted by Gasteiger charge is 2.29. The summed E-state index contributed by atoms with van der Waals surface area (Å²) < 4.78 is 16.5. The number of aromatic nitrogens is 2. The lowest BCUT2D eigenvalue weighted by Gasteiger charge is -2.33. The molecule has 4 rings (SSSR count). The van der Waals surface area contributed by atoms with Crippen molar-refractivity contribution in [3.8, 4) is 11.5 Å². The van der Waals surface area contributed by atoms with Gasteiger partial charge in [-0.05, 0) is 45.7 Å². The van der Waals surface area contributed by atoms with E-state index in [1.54, 1.807) is 32.4 Å². The number of hydrogen-bond donors (Lipinski definition) is 1. The highest BCUT2D eigenvalue weighted by molar-refractivity contribution is 5.95. The third kappa shape index (κ3) is 4.02. The topological polar surface area (TPSA) is 89.7 Å². The number of carbonyl (C=O) groups excluding carboxylic acids is 1. The van der Waals surface area contributed by atoms with Gasteiger partial charge in [-0.3, -0.25) is 4.79 Å². The second-order valence-corrected chi connectivity index (χ2v) is 7.90. The molecule has 1 atom stereocenters. The SMILES string of the molecule is COc1ccc(NC(=O)[C@H]2CCCN(c3nc(C)nc4oc(C)c(C)c34)C2)c(OC)c1. The maximum absolute atomic E-state index is 13.1. The zero-order chi connectivity index (χ0) is 22.1. The molecular weight excluding hydrogens is 396 g/mol. The predicted octanol–water partition coefficient (Wildman–Crippen LogP) is 4.02. The van der Waals surface area contributed by atoms with Gasteiger partial charge in [-0.25, -0.2) is 4.98 Å². The fourth-order valence-electron chi connectivity index (χ4n) is 4.08. The van der Waals surface area contributed by atoms with Gasteiger partial charge in [0.05, 0.1) is 31.2 Å². The fourth-order valence-corrected chi connectivity index (χ4v) is 4.08. The molecule has 1 aromatic carbocycles. The Labute approximate surface area is 181 Å². The van der Waals surface area contributed by atoms with Gasteiger partial charge >= 0.3 is 0 Å². The Hall–Kier alpha value is -3.29. The third-order valence-corrected chi connectivity index (χ3v) is 5.88. The Balaban J connectivity index is 1.57. The normalized spacial score (nSPS) is 16.4. The largest absolute Gasteiger partial charge is 0.497 e. The Morgan fingerprint density at radius 3 is 2.74 bits per heavy atom. The molecular formula is C23H28N4O4. The standard InChI is InChI=1S/C23H28N4O4/c1-13-14(2)31-23-20(13)21(24-15(3)25-23)27-10-6-7-16(12-27)22(28)26-18-9-8-17(29-4)11-19(18)30-5/h8-9,11,16H,6-7,10,12H2,1-5H3,(H,26,28)/t16-/m0/s1. The van der Waals surface area contributed by atoms with Crippen molar-refractivity contribution in [2.45, 2.75) is 33.6 Å². The van der Waals surface area contributed by atoms with Crippen molar-refractivity contribution in [1.82, 2.24) is 9.97 Å². The zero-order valence-electron chi connectivity index (χ0n) is 18.6. The van der Waals surface area contributed by atoms with Gasteiger partial charge in [0.2, 0.25) is 11.6 Å². The molecule has 3 heterocycles. The number of piperidine rings is 1. The van der Waals surface area contributed by atoms with Gasteiger partial charge < -0.3 is 24.1 Å². The van der Waals surface area contributed by atoms with Crippen molar-refractivity contribution in [2.24, 2.45) is 5.92 Å². The monoisotopic (exact) mass is 424 g/mol. The molecule has 164 valence electrons. The van der Waals surface area contributed by atoms with Crippen LogP contribution in [-0.4, -0.2) is 43.2 Å². The van der Waals surface area contributed by atoms with Crippen LogP contribution in [0, 0.1) is 26.7 Å². The van der Waals surface area contributed by atoms with E-state index < -0.39 is 0 Å². The molecule has 0 bridgehead atoms. The summed E-state index contributed by atoms with van der Waals surface area (Å²) in [6, 6.07) is 5.36. The lowest BCUT2D eigenvalue weighted by atomic mass is 9.96. The number of furan rings is 1. The number of rotatable bonds is 5. The highest BCUT2D eigenvalue weighted by Crippen LogP contribution is 2.34. The molecule has 8 heteroatoms. The van der Waals surface area contributed by atoms with E-state index in [9.17, 15) is 4.79 Å². The van der Waals surface area contributed by atoms with Gasteiger partial charge in [0.25, 0.3) is 0 Å². The van der Waals surface area contributed by atoms with Crippen LogP contribution in [0.3, 0.4) is 0 Å². The molecule has 0 radical (unpaired) electrons. The van der Waals surface area contributed by atoms with Crippen molar-refractivity contribution in [1.29, 1.82) is 0 Å². The van der Waals surface area contributed by atoms with Gasteiger partial charge in [0.1, 0.15) is 28.9 Å². The number of hydrogen-bond acceptors (Lipinski definition) is 7. The minimum absolute atomic E-state index is 0.0321. The molecule has 1 aliphatic rings. The van der Waals surface area contributed by atoms with Gasteiger partial charge in [-0.2, -0.15) is 4.98 Å². The molecule has 3 aromatic rings. The van der Waals surface area contributed by atoms with E-state index in [0.717, 1.165) is 41.9 Å². The number of anilines is 2. The van der Waals surface area contributed by atoms with Crippen molar-refractivity contribution in [3.05, 3.63) is 35.3 Å². The van der Waals surface area contributed by atoms with Crippen LogP contribution in [0.2, 0.25) is 0 Å². The van der Waals surface area contributed by atoms with Crippen LogP contribution in [0.1, 0.15) is 30.0 Å². The maximum Gasteiger partial charge on any atom is 0.231 e. The van der Waals surface area contributed by atoms with Crippen LogP contribution in [0.4, 0.5) is 11.5 Å². The molecule has 0 spiro atoms. The summed E-state index contributed by atoms with van der Waals surface area (Å²) in [5.74, 6) is 3.39. The van der Waals surface area contributed by atoms with Crippen molar-refractivity contribution in [2.75, 3.05) is 37.5 Å². The first kappa shape index (κ1) is 21.0. The molecule has 0 saturated carbocycles. The van der Waals surface area contributed by atoms with Gasteiger partial charge in [-0.15, -0.1) is 0 Å². The number of nitrogens with zero attached hydrogens (tertiary/aromatic N) is 3. The van der Waals surface area contributed by atoms with E-state index in [0.29, 0.717) is 35.3 Å². The number of carbonyl (C=O) groups is 1. The van der Waals surface area contributed by atoms with Crippen LogP contribution in [0.5, 0.6) is 11.5 Å². The summed E-state index contributed by atoms with van der Waals surface area (Å²) in [5.41, 5.74) is 2.28. The van der Waals surface area contributed by atoms with Crippen molar-refractivity contribution >= 4 is 28.5 Å². The summed E-state index contributed by atoms with van der Waals surface area (Å²) in [6.07, 6.45) is 1.72. The quantitative estimate of drug-likeness (QED) is 0.662. The summed E-state index contributed by atoms with van der Waals surface area (Å²) in [7, 11) is 3.17. The van der Waals surface area contributed by atoms with Crippen molar-refractivity contribution in [3.63, 3.8) is 0 Å². The van der Waals surface area contributed by atoms with Crippen LogP contribution in [0.25, 0.3) is 11.1 Å². The molecule has 0 unspecified atom stereocenters. The van der Waals surface area contributed by atoms with Gasteiger partial charge in [0.15, 0.2) is 0 Å². The smallest absolute Gasteiger partial charge is 0.231 e. The van der Waals surface area contributed by atoms with Crippen LogP contribution < -0.4 is 19.7 Å². The fraction of sp³-hybridized carbons (Fsp3) is 0.435. The Morgan fingerprint density at radius 2 is 2.00 bits per heavy atom. The number of methoxy groups -OCH3 is 2. The molecule has 1 amide bonds. The average molecular weight is 425 g/mol. The summed E-state index contributed by atoms with van der Waals surface area (Å²) in [4.78, 5) is 24.4. The lowest BCUT2D eigenvalue weighted by Crippen LogP contribution is -2.41.